The summed E-state index contributed by atoms with van der Waals surface area (Å²) in [5, 5.41) is 10.2. The molecule has 0 radical (unpaired) electrons. The predicted molar refractivity (Wildman–Crippen MR) is 32.5 cm³/mol. The Kier molecular flexibility index (Phi) is 2.20. The Morgan fingerprint density at radius 3 is 1.78 bits per heavy atom. The summed E-state index contributed by atoms with van der Waals surface area (Å²) >= 11 is 0. The first-order valence-electron chi connectivity index (χ1n) is 2.87. The molecule has 54 valence electrons. The molecule has 0 aromatic heterocycles. The van der Waals surface area contributed by atoms with Crippen molar-refractivity contribution in [2.24, 2.45) is 0 Å². The van der Waals surface area contributed by atoms with Crippen LogP contribution in [0.25, 0.3) is 0 Å². The van der Waals surface area contributed by atoms with Crippen molar-refractivity contribution in [3.05, 3.63) is 0 Å². The molecule has 9 heavy (non-hydrogen) atoms. The monoisotopic (exact) mass is 131 g/mol. The number of hydrogen-bond donors (Lipinski definition) is 0. The third-order valence-electron chi connectivity index (χ3n) is 1.50. The fraction of sp³-hybridized carbons (Fsp3) is 0.833. The second kappa shape index (κ2) is 2.35. The van der Waals surface area contributed by atoms with Crippen molar-refractivity contribution in [3.63, 3.8) is 0 Å². The highest BCUT2D eigenvalue weighted by molar-refractivity contribution is 5.69. The van der Waals surface area contributed by atoms with E-state index < -0.39 is 12.0 Å². The van der Waals surface area contributed by atoms with Crippen molar-refractivity contribution >= 4 is 5.97 Å². The third-order valence-corrected chi connectivity index (χ3v) is 1.50. The highest BCUT2D eigenvalue weighted by atomic mass is 16.4. The Bertz CT molecular complexity index is 115. The molecule has 0 unspecified atom stereocenters. The molecule has 0 aromatic carbocycles. The van der Waals surface area contributed by atoms with Crippen LogP contribution in [0.4, 0.5) is 0 Å². The lowest BCUT2D eigenvalue weighted by atomic mass is 10.3. The number of nitrogens with zero attached hydrogens (tertiary/aromatic N) is 1. The first-order chi connectivity index (χ1) is 3.85. The summed E-state index contributed by atoms with van der Waals surface area (Å²) in [6.45, 7) is 1.63. The van der Waals surface area contributed by atoms with Crippen LogP contribution in [0, 0.1) is 0 Å². The Balaban J connectivity index is 4.04. The van der Waals surface area contributed by atoms with E-state index in [4.69, 9.17) is 0 Å². The van der Waals surface area contributed by atoms with Crippen LogP contribution in [0.15, 0.2) is 0 Å². The second-order valence-electron chi connectivity index (χ2n) is 3.11. The van der Waals surface area contributed by atoms with Crippen LogP contribution in [-0.2, 0) is 4.79 Å². The van der Waals surface area contributed by atoms with Crippen molar-refractivity contribution in [2.75, 3.05) is 21.1 Å². The van der Waals surface area contributed by atoms with Crippen molar-refractivity contribution in [3.8, 4) is 0 Å². The molecule has 0 fully saturated rings. The highest BCUT2D eigenvalue weighted by Gasteiger charge is 2.18. The van der Waals surface area contributed by atoms with Gasteiger partial charge >= 0.3 is 0 Å². The highest BCUT2D eigenvalue weighted by Crippen LogP contribution is 1.98. The molecule has 0 bridgehead atoms. The molecule has 0 spiro atoms. The molecule has 0 amide bonds. The fourth-order valence-electron chi connectivity index (χ4n) is 0.316. The van der Waals surface area contributed by atoms with Gasteiger partial charge in [-0.15, -0.1) is 0 Å². The maximum Gasteiger partial charge on any atom is 0.126 e. The Hall–Kier alpha value is -0.570. The van der Waals surface area contributed by atoms with E-state index in [0.717, 1.165) is 0 Å². The second-order valence-corrected chi connectivity index (χ2v) is 3.11. The van der Waals surface area contributed by atoms with Crippen LogP contribution in [0.1, 0.15) is 6.92 Å². The SMILES string of the molecule is C[C@@H](C(=O)[O-])[N+](C)(C)C. The summed E-state index contributed by atoms with van der Waals surface area (Å²) < 4.78 is 0.405. The fourth-order valence-corrected chi connectivity index (χ4v) is 0.316. The van der Waals surface area contributed by atoms with Gasteiger partial charge in [0.25, 0.3) is 0 Å². The smallest absolute Gasteiger partial charge is 0.126 e. The summed E-state index contributed by atoms with van der Waals surface area (Å²) in [6.07, 6.45) is 0. The van der Waals surface area contributed by atoms with Gasteiger partial charge in [0.15, 0.2) is 0 Å². The molecule has 0 saturated heterocycles. The van der Waals surface area contributed by atoms with Gasteiger partial charge in [0.1, 0.15) is 6.04 Å². The number of hydrogen-bond acceptors (Lipinski definition) is 2. The average Bonchev–Trinajstić information content (AvgIpc) is 1.62. The summed E-state index contributed by atoms with van der Waals surface area (Å²) in [6, 6.07) is -0.440. The van der Waals surface area contributed by atoms with Crippen molar-refractivity contribution in [1.82, 2.24) is 0 Å². The number of quaternary nitrogens is 1. The molecule has 0 heterocycles. The first-order valence-corrected chi connectivity index (χ1v) is 2.87. The number of carboxylic acid groups (broad SMARTS) is 1. The summed E-state index contributed by atoms with van der Waals surface area (Å²) in [4.78, 5) is 10.2. The van der Waals surface area contributed by atoms with Crippen LogP contribution in [-0.4, -0.2) is 37.6 Å². The zero-order chi connectivity index (χ0) is 7.65. The van der Waals surface area contributed by atoms with Gasteiger partial charge in [0, 0.05) is 0 Å². The van der Waals surface area contributed by atoms with Gasteiger partial charge in [0.05, 0.1) is 27.1 Å². The normalized spacial score (nSPS) is 15.1. The number of carbonyl (C=O) groups excluding carboxylic acids is 1. The van der Waals surface area contributed by atoms with Gasteiger partial charge in [-0.2, -0.15) is 0 Å². The van der Waals surface area contributed by atoms with Crippen molar-refractivity contribution in [1.29, 1.82) is 0 Å². The summed E-state index contributed by atoms with van der Waals surface area (Å²) in [5.41, 5.74) is 0. The molecule has 1 atom stereocenters. The van der Waals surface area contributed by atoms with Gasteiger partial charge in [-0.25, -0.2) is 0 Å². The number of aliphatic carboxylic acids is 1. The van der Waals surface area contributed by atoms with Gasteiger partial charge in [-0.05, 0) is 6.92 Å². The van der Waals surface area contributed by atoms with Gasteiger partial charge < -0.3 is 14.4 Å². The zero-order valence-electron chi connectivity index (χ0n) is 6.34. The quantitative estimate of drug-likeness (QED) is 0.443. The minimum Gasteiger partial charge on any atom is -0.544 e. The Morgan fingerprint density at radius 2 is 1.78 bits per heavy atom. The lowest BCUT2D eigenvalue weighted by Crippen LogP contribution is -2.53. The maximum absolute atomic E-state index is 10.2. The maximum atomic E-state index is 10.2. The van der Waals surface area contributed by atoms with Crippen molar-refractivity contribution < 1.29 is 14.4 Å². The van der Waals surface area contributed by atoms with E-state index in [-0.39, 0.29) is 0 Å². The lowest BCUT2D eigenvalue weighted by Gasteiger charge is -2.31. The van der Waals surface area contributed by atoms with E-state index >= 15 is 0 Å². The van der Waals surface area contributed by atoms with Gasteiger partial charge in [-0.3, -0.25) is 0 Å². The number of carboxylic acids is 1. The number of carbonyl (C=O) groups is 1. The third kappa shape index (κ3) is 2.46. The predicted octanol–water partition coefficient (Wildman–Crippen LogP) is -1.17. The standard InChI is InChI=1S/C6H13NO2/c1-5(6(8)9)7(2,3)4/h5H,1-4H3/t5-/m0/s1. The summed E-state index contributed by atoms with van der Waals surface area (Å²) in [5.74, 6) is -0.998. The van der Waals surface area contributed by atoms with Crippen LogP contribution < -0.4 is 5.11 Å². The van der Waals surface area contributed by atoms with Crippen LogP contribution >= 0.6 is 0 Å². The molecule has 0 aliphatic rings. The topological polar surface area (TPSA) is 40.1 Å². The molecule has 3 nitrogen and oxygen atoms in total. The van der Waals surface area contributed by atoms with E-state index in [1.807, 2.05) is 21.1 Å². The molecule has 0 rings (SSSR count). The van der Waals surface area contributed by atoms with E-state index in [9.17, 15) is 9.90 Å². The molecule has 0 saturated carbocycles. The summed E-state index contributed by atoms with van der Waals surface area (Å²) in [7, 11) is 5.46. The zero-order valence-corrected chi connectivity index (χ0v) is 6.34. The molecular formula is C6H13NO2. The first kappa shape index (κ1) is 8.43. The minimum absolute atomic E-state index is 0.405. The number of rotatable bonds is 2. The van der Waals surface area contributed by atoms with E-state index in [1.165, 1.54) is 0 Å². The van der Waals surface area contributed by atoms with E-state index in [0.29, 0.717) is 4.48 Å². The Labute approximate surface area is 55.5 Å². The molecule has 0 aliphatic carbocycles. The van der Waals surface area contributed by atoms with Crippen LogP contribution in [0.2, 0.25) is 0 Å². The van der Waals surface area contributed by atoms with Crippen molar-refractivity contribution in [2.45, 2.75) is 13.0 Å². The van der Waals surface area contributed by atoms with E-state index in [2.05, 4.69) is 0 Å². The molecule has 0 aliphatic heterocycles. The number of likely N-dealkylation sites (N-methyl/N-ethyl adjacent to an activating group) is 1. The molecule has 0 N–H and O–H groups in total. The molecule has 0 aromatic rings. The minimum atomic E-state index is -0.998. The van der Waals surface area contributed by atoms with Gasteiger partial charge in [0.2, 0.25) is 0 Å². The lowest BCUT2D eigenvalue weighted by molar-refractivity contribution is -0.887. The van der Waals surface area contributed by atoms with Crippen LogP contribution in [0.5, 0.6) is 0 Å². The molecule has 3 heteroatoms. The van der Waals surface area contributed by atoms with Gasteiger partial charge in [-0.1, -0.05) is 0 Å². The van der Waals surface area contributed by atoms with E-state index in [1.54, 1.807) is 6.92 Å². The van der Waals surface area contributed by atoms with Crippen LogP contribution in [0.3, 0.4) is 0 Å². The molecular weight excluding hydrogens is 118 g/mol. The average molecular weight is 131 g/mol. The largest absolute Gasteiger partial charge is 0.544 e. The Morgan fingerprint density at radius 1 is 1.44 bits per heavy atom.